The van der Waals surface area contributed by atoms with Gasteiger partial charge < -0.3 is 14.2 Å². The molecule has 0 heterocycles. The summed E-state index contributed by atoms with van der Waals surface area (Å²) in [5, 5.41) is 11.5. The monoisotopic (exact) mass is 376 g/mol. The first kappa shape index (κ1) is 22.0. The van der Waals surface area contributed by atoms with Crippen LogP contribution in [0.15, 0.2) is 24.3 Å². The highest BCUT2D eigenvalue weighted by molar-refractivity contribution is 6.08. The Labute approximate surface area is 158 Å². The van der Waals surface area contributed by atoms with Gasteiger partial charge in [-0.1, -0.05) is 12.1 Å². The summed E-state index contributed by atoms with van der Waals surface area (Å²) in [6, 6.07) is 7.64. The van der Waals surface area contributed by atoms with E-state index in [0.29, 0.717) is 0 Å². The van der Waals surface area contributed by atoms with E-state index in [1.165, 1.54) is 24.3 Å². The Morgan fingerprint density at radius 1 is 1.07 bits per heavy atom. The van der Waals surface area contributed by atoms with Gasteiger partial charge in [0.15, 0.2) is 0 Å². The largest absolute Gasteiger partial charge is 0.464 e. The molecule has 27 heavy (non-hydrogen) atoms. The van der Waals surface area contributed by atoms with Gasteiger partial charge in [0.25, 0.3) is 5.54 Å². The molecule has 0 aliphatic heterocycles. The average molecular weight is 376 g/mol. The van der Waals surface area contributed by atoms with Crippen LogP contribution in [0.3, 0.4) is 0 Å². The van der Waals surface area contributed by atoms with Gasteiger partial charge in [-0.15, -0.1) is 0 Å². The molecule has 0 fully saturated rings. The molecule has 146 valence electrons. The number of hydrogen-bond acceptors (Lipinski definition) is 7. The molecule has 8 nitrogen and oxygen atoms in total. The highest BCUT2D eigenvalue weighted by atomic mass is 16.6. The maximum Gasteiger partial charge on any atom is 0.409 e. The van der Waals surface area contributed by atoms with Crippen LogP contribution in [0, 0.1) is 11.3 Å². The first-order valence-corrected chi connectivity index (χ1v) is 8.47. The lowest BCUT2D eigenvalue weighted by Gasteiger charge is -2.31. The van der Waals surface area contributed by atoms with E-state index in [-0.39, 0.29) is 24.3 Å². The second kappa shape index (κ2) is 9.03. The SMILES string of the molecule is CCOC(=O)C(NC(=O)OC(C)(C)C)(C(=O)OCC)c1cccc(C#N)c1. The van der Waals surface area contributed by atoms with Crippen molar-refractivity contribution in [3.8, 4) is 6.07 Å². The van der Waals surface area contributed by atoms with Gasteiger partial charge in [0, 0.05) is 5.56 Å². The predicted octanol–water partition coefficient (Wildman–Crippen LogP) is 2.40. The Kier molecular flexibility index (Phi) is 7.35. The zero-order chi connectivity index (χ0) is 20.7. The first-order chi connectivity index (χ1) is 12.6. The molecule has 0 spiro atoms. The third kappa shape index (κ3) is 5.45. The van der Waals surface area contributed by atoms with Crippen LogP contribution >= 0.6 is 0 Å². The Morgan fingerprint density at radius 2 is 1.63 bits per heavy atom. The van der Waals surface area contributed by atoms with Crippen molar-refractivity contribution in [1.82, 2.24) is 5.32 Å². The molecule has 1 N–H and O–H groups in total. The van der Waals surface area contributed by atoms with E-state index in [1.807, 2.05) is 6.07 Å². The number of carbonyl (C=O) groups is 3. The number of rotatable bonds is 6. The average Bonchev–Trinajstić information content (AvgIpc) is 2.58. The van der Waals surface area contributed by atoms with Crippen molar-refractivity contribution in [2.75, 3.05) is 13.2 Å². The van der Waals surface area contributed by atoms with E-state index in [4.69, 9.17) is 19.5 Å². The van der Waals surface area contributed by atoms with Crippen molar-refractivity contribution in [3.63, 3.8) is 0 Å². The fourth-order valence-corrected chi connectivity index (χ4v) is 2.25. The lowest BCUT2D eigenvalue weighted by molar-refractivity contribution is -0.167. The molecule has 0 atom stereocenters. The molecule has 0 bridgehead atoms. The van der Waals surface area contributed by atoms with Crippen LogP contribution in [0.5, 0.6) is 0 Å². The topological polar surface area (TPSA) is 115 Å². The number of carbonyl (C=O) groups excluding carboxylic acids is 3. The van der Waals surface area contributed by atoms with Gasteiger partial charge in [-0.25, -0.2) is 14.4 Å². The van der Waals surface area contributed by atoms with E-state index in [1.54, 1.807) is 34.6 Å². The number of amides is 1. The van der Waals surface area contributed by atoms with Crippen LogP contribution in [0.4, 0.5) is 4.79 Å². The van der Waals surface area contributed by atoms with Crippen LogP contribution < -0.4 is 5.32 Å². The molecular weight excluding hydrogens is 352 g/mol. The second-order valence-corrected chi connectivity index (χ2v) is 6.51. The maximum atomic E-state index is 12.8. The standard InChI is InChI=1S/C19H24N2O6/c1-6-25-15(22)19(16(23)26-7-2,21-17(24)27-18(3,4)5)14-10-8-9-13(11-14)12-20/h8-11H,6-7H2,1-5H3,(H,21,24). The summed E-state index contributed by atoms with van der Waals surface area (Å²) in [4.78, 5) is 38.0. The van der Waals surface area contributed by atoms with Crippen molar-refractivity contribution in [2.45, 2.75) is 45.8 Å². The number of nitrogens with one attached hydrogen (secondary N) is 1. The summed E-state index contributed by atoms with van der Waals surface area (Å²) in [5.74, 6) is -2.08. The predicted molar refractivity (Wildman–Crippen MR) is 95.5 cm³/mol. The van der Waals surface area contributed by atoms with E-state index < -0.39 is 29.2 Å². The van der Waals surface area contributed by atoms with Crippen LogP contribution in [-0.2, 0) is 29.3 Å². The molecule has 0 aromatic heterocycles. The van der Waals surface area contributed by atoms with E-state index in [2.05, 4.69) is 5.32 Å². The van der Waals surface area contributed by atoms with Gasteiger partial charge in [0.2, 0.25) is 0 Å². The normalized spacial score (nSPS) is 11.1. The number of hydrogen-bond donors (Lipinski definition) is 1. The number of benzene rings is 1. The number of alkyl carbamates (subject to hydrolysis) is 1. The van der Waals surface area contributed by atoms with Gasteiger partial charge in [0.1, 0.15) is 5.60 Å². The quantitative estimate of drug-likeness (QED) is 0.460. The molecule has 1 aromatic rings. The van der Waals surface area contributed by atoms with Crippen molar-refractivity contribution in [1.29, 1.82) is 5.26 Å². The molecule has 8 heteroatoms. The van der Waals surface area contributed by atoms with E-state index in [9.17, 15) is 14.4 Å². The molecule has 0 aliphatic carbocycles. The summed E-state index contributed by atoms with van der Waals surface area (Å²) in [7, 11) is 0. The molecule has 1 amide bonds. The molecule has 0 aliphatic rings. The fourth-order valence-electron chi connectivity index (χ4n) is 2.25. The summed E-state index contributed by atoms with van der Waals surface area (Å²) >= 11 is 0. The number of esters is 2. The summed E-state index contributed by atoms with van der Waals surface area (Å²) < 4.78 is 15.3. The molecular formula is C19H24N2O6. The van der Waals surface area contributed by atoms with Gasteiger partial charge in [0.05, 0.1) is 24.8 Å². The van der Waals surface area contributed by atoms with Gasteiger partial charge in [-0.05, 0) is 46.8 Å². The highest BCUT2D eigenvalue weighted by Gasteiger charge is 2.53. The van der Waals surface area contributed by atoms with Crippen LogP contribution in [0.2, 0.25) is 0 Å². The van der Waals surface area contributed by atoms with Crippen LogP contribution in [0.1, 0.15) is 45.7 Å². The third-order valence-electron chi connectivity index (χ3n) is 3.28. The highest BCUT2D eigenvalue weighted by Crippen LogP contribution is 2.27. The number of nitrogens with zero attached hydrogens (tertiary/aromatic N) is 1. The van der Waals surface area contributed by atoms with Gasteiger partial charge >= 0.3 is 18.0 Å². The zero-order valence-corrected chi connectivity index (χ0v) is 16.1. The molecule has 1 aromatic carbocycles. The van der Waals surface area contributed by atoms with Gasteiger partial charge in [-0.3, -0.25) is 5.32 Å². The second-order valence-electron chi connectivity index (χ2n) is 6.51. The Bertz CT molecular complexity index is 727. The summed E-state index contributed by atoms with van der Waals surface area (Å²) in [6.07, 6.45) is -1.01. The van der Waals surface area contributed by atoms with E-state index >= 15 is 0 Å². The van der Waals surface area contributed by atoms with Crippen molar-refractivity contribution in [3.05, 3.63) is 35.4 Å². The lowest BCUT2D eigenvalue weighted by Crippen LogP contribution is -2.59. The first-order valence-electron chi connectivity index (χ1n) is 8.47. The molecule has 0 unspecified atom stereocenters. The lowest BCUT2D eigenvalue weighted by atomic mass is 9.88. The Hall–Kier alpha value is -3.08. The number of ether oxygens (including phenoxy) is 3. The fraction of sp³-hybridized carbons (Fsp3) is 0.474. The van der Waals surface area contributed by atoms with Crippen molar-refractivity contribution >= 4 is 18.0 Å². The molecule has 0 saturated carbocycles. The smallest absolute Gasteiger partial charge is 0.409 e. The molecule has 0 radical (unpaired) electrons. The maximum absolute atomic E-state index is 12.8. The molecule has 1 rings (SSSR count). The molecule has 0 saturated heterocycles. The number of nitriles is 1. The Morgan fingerprint density at radius 3 is 2.07 bits per heavy atom. The van der Waals surface area contributed by atoms with Crippen LogP contribution in [-0.4, -0.2) is 36.8 Å². The van der Waals surface area contributed by atoms with E-state index in [0.717, 1.165) is 0 Å². The van der Waals surface area contributed by atoms with Crippen LogP contribution in [0.25, 0.3) is 0 Å². The van der Waals surface area contributed by atoms with Gasteiger partial charge in [-0.2, -0.15) is 5.26 Å². The summed E-state index contributed by atoms with van der Waals surface area (Å²) in [5.41, 5.74) is -2.95. The minimum absolute atomic E-state index is 0.0318. The zero-order valence-electron chi connectivity index (χ0n) is 16.1. The summed E-state index contributed by atoms with van der Waals surface area (Å²) in [6.45, 7) is 7.97. The Balaban J connectivity index is 3.57. The minimum atomic E-state index is -2.30. The third-order valence-corrected chi connectivity index (χ3v) is 3.28. The van der Waals surface area contributed by atoms with Crippen molar-refractivity contribution < 1.29 is 28.6 Å². The van der Waals surface area contributed by atoms with Crippen molar-refractivity contribution in [2.24, 2.45) is 0 Å². The minimum Gasteiger partial charge on any atom is -0.464 e.